The van der Waals surface area contributed by atoms with Crippen LogP contribution < -0.4 is 11.1 Å². The third-order valence-electron chi connectivity index (χ3n) is 2.62. The first-order valence-electron chi connectivity index (χ1n) is 6.04. The van der Waals surface area contributed by atoms with Crippen molar-refractivity contribution in [1.29, 1.82) is 0 Å². The van der Waals surface area contributed by atoms with Crippen LogP contribution in [0.2, 0.25) is 0 Å². The summed E-state index contributed by atoms with van der Waals surface area (Å²) < 4.78 is 0. The highest BCUT2D eigenvalue weighted by Gasteiger charge is 2.15. The number of benzene rings is 1. The number of hydrogen-bond acceptors (Lipinski definition) is 4. The Labute approximate surface area is 120 Å². The Bertz CT molecular complexity index is 740. The maximum absolute atomic E-state index is 12.0. The standard InChI is InChI=1S/C14H12N4O3/c15-7-3-5-10-4-1-2-6-12(10)17-14(19)13-8-11(9-16-13)18(20)21/h1-2,4,6,8-9,16H,7,15H2,(H,17,19). The van der Waals surface area contributed by atoms with Gasteiger partial charge < -0.3 is 16.0 Å². The number of carbonyl (C=O) groups excluding carboxylic acids is 1. The van der Waals surface area contributed by atoms with Crippen molar-refractivity contribution in [2.75, 3.05) is 11.9 Å². The van der Waals surface area contributed by atoms with E-state index in [0.717, 1.165) is 6.20 Å². The molecule has 0 aliphatic heterocycles. The summed E-state index contributed by atoms with van der Waals surface area (Å²) in [5.41, 5.74) is 6.39. The van der Waals surface area contributed by atoms with E-state index in [2.05, 4.69) is 22.1 Å². The van der Waals surface area contributed by atoms with Gasteiger partial charge in [-0.3, -0.25) is 14.9 Å². The number of aromatic amines is 1. The normalized spacial score (nSPS) is 9.57. The fraction of sp³-hybridized carbons (Fsp3) is 0.0714. The number of nitrogens with two attached hydrogens (primary N) is 1. The van der Waals surface area contributed by atoms with Crippen molar-refractivity contribution in [3.8, 4) is 11.8 Å². The van der Waals surface area contributed by atoms with Crippen LogP contribution in [0.15, 0.2) is 36.5 Å². The number of para-hydroxylation sites is 1. The van der Waals surface area contributed by atoms with Crippen LogP contribution in [0.5, 0.6) is 0 Å². The molecule has 4 N–H and O–H groups in total. The van der Waals surface area contributed by atoms with Gasteiger partial charge in [0.1, 0.15) is 5.69 Å². The number of anilines is 1. The van der Waals surface area contributed by atoms with Gasteiger partial charge in [-0.05, 0) is 12.1 Å². The molecule has 106 valence electrons. The van der Waals surface area contributed by atoms with Crippen LogP contribution in [0.25, 0.3) is 0 Å². The van der Waals surface area contributed by atoms with Crippen LogP contribution in [0.1, 0.15) is 16.1 Å². The number of nitro groups is 1. The van der Waals surface area contributed by atoms with E-state index in [-0.39, 0.29) is 17.9 Å². The molecule has 0 bridgehead atoms. The van der Waals surface area contributed by atoms with E-state index < -0.39 is 10.8 Å². The van der Waals surface area contributed by atoms with E-state index in [4.69, 9.17) is 5.73 Å². The Morgan fingerprint density at radius 2 is 2.19 bits per heavy atom. The molecule has 2 rings (SSSR count). The summed E-state index contributed by atoms with van der Waals surface area (Å²) in [6, 6.07) is 8.14. The Morgan fingerprint density at radius 3 is 2.86 bits per heavy atom. The van der Waals surface area contributed by atoms with Crippen LogP contribution in [0.4, 0.5) is 11.4 Å². The van der Waals surface area contributed by atoms with E-state index in [9.17, 15) is 14.9 Å². The average Bonchev–Trinajstić information content (AvgIpc) is 2.96. The third kappa shape index (κ3) is 3.46. The first kappa shape index (κ1) is 14.3. The monoisotopic (exact) mass is 284 g/mol. The molecule has 1 aromatic heterocycles. The van der Waals surface area contributed by atoms with Gasteiger partial charge in [0.2, 0.25) is 0 Å². The van der Waals surface area contributed by atoms with Crippen molar-refractivity contribution in [3.63, 3.8) is 0 Å². The van der Waals surface area contributed by atoms with Gasteiger partial charge in [0.25, 0.3) is 11.6 Å². The van der Waals surface area contributed by atoms with Crippen LogP contribution in [0.3, 0.4) is 0 Å². The summed E-state index contributed by atoms with van der Waals surface area (Å²) in [7, 11) is 0. The molecule has 0 unspecified atom stereocenters. The summed E-state index contributed by atoms with van der Waals surface area (Å²) in [6.07, 6.45) is 1.16. The number of carbonyl (C=O) groups is 1. The number of nitrogens with zero attached hydrogens (tertiary/aromatic N) is 1. The Morgan fingerprint density at radius 1 is 1.43 bits per heavy atom. The molecule has 0 aliphatic carbocycles. The Balaban J connectivity index is 2.21. The molecule has 1 heterocycles. The SMILES string of the molecule is NCC#Cc1ccccc1NC(=O)c1cc([N+](=O)[O-])c[nH]1. The molecule has 0 aliphatic rings. The quantitative estimate of drug-likeness (QED) is 0.450. The summed E-state index contributed by atoms with van der Waals surface area (Å²) in [5, 5.41) is 13.2. The molecule has 0 atom stereocenters. The molecule has 7 nitrogen and oxygen atoms in total. The fourth-order valence-electron chi connectivity index (χ4n) is 1.66. The van der Waals surface area contributed by atoms with Crippen LogP contribution >= 0.6 is 0 Å². The molecule has 0 saturated carbocycles. The number of H-pyrrole nitrogens is 1. The highest BCUT2D eigenvalue weighted by molar-refractivity contribution is 6.04. The highest BCUT2D eigenvalue weighted by Crippen LogP contribution is 2.17. The molecular formula is C14H12N4O3. The maximum Gasteiger partial charge on any atom is 0.287 e. The second-order valence-corrected chi connectivity index (χ2v) is 4.03. The first-order valence-corrected chi connectivity index (χ1v) is 6.04. The van der Waals surface area contributed by atoms with Crippen LogP contribution in [-0.2, 0) is 0 Å². The fourth-order valence-corrected chi connectivity index (χ4v) is 1.66. The van der Waals surface area contributed by atoms with Crippen molar-refractivity contribution in [2.45, 2.75) is 0 Å². The van der Waals surface area contributed by atoms with Gasteiger partial charge >= 0.3 is 0 Å². The van der Waals surface area contributed by atoms with Crippen LogP contribution in [-0.4, -0.2) is 22.4 Å². The zero-order chi connectivity index (χ0) is 15.2. The third-order valence-corrected chi connectivity index (χ3v) is 2.62. The summed E-state index contributed by atoms with van der Waals surface area (Å²) in [5.74, 6) is 5.07. The first-order chi connectivity index (χ1) is 10.1. The zero-order valence-corrected chi connectivity index (χ0v) is 10.9. The van der Waals surface area contributed by atoms with Gasteiger partial charge in [0.15, 0.2) is 0 Å². The molecular weight excluding hydrogens is 272 g/mol. The predicted octanol–water partition coefficient (Wildman–Crippen LogP) is 1.49. The highest BCUT2D eigenvalue weighted by atomic mass is 16.6. The van der Waals surface area contributed by atoms with Gasteiger partial charge in [-0.2, -0.15) is 0 Å². The van der Waals surface area contributed by atoms with Gasteiger partial charge in [-0.15, -0.1) is 0 Å². The van der Waals surface area contributed by atoms with Crippen molar-refractivity contribution < 1.29 is 9.72 Å². The lowest BCUT2D eigenvalue weighted by molar-refractivity contribution is -0.384. The van der Waals surface area contributed by atoms with Gasteiger partial charge in [-0.1, -0.05) is 24.0 Å². The van der Waals surface area contributed by atoms with Gasteiger partial charge in [-0.25, -0.2) is 0 Å². The smallest absolute Gasteiger partial charge is 0.287 e. The number of hydrogen-bond donors (Lipinski definition) is 3. The maximum atomic E-state index is 12.0. The van der Waals surface area contributed by atoms with Crippen molar-refractivity contribution >= 4 is 17.3 Å². The number of rotatable bonds is 3. The van der Waals surface area contributed by atoms with Gasteiger partial charge in [0.05, 0.1) is 23.4 Å². The number of aromatic nitrogens is 1. The number of amides is 1. The minimum atomic E-state index is -0.575. The molecule has 0 saturated heterocycles. The van der Waals surface area contributed by atoms with E-state index in [1.807, 2.05) is 0 Å². The largest absolute Gasteiger partial charge is 0.351 e. The lowest BCUT2D eigenvalue weighted by atomic mass is 10.1. The van der Waals surface area contributed by atoms with Crippen LogP contribution in [0, 0.1) is 22.0 Å². The average molecular weight is 284 g/mol. The molecule has 7 heteroatoms. The Kier molecular flexibility index (Phi) is 4.33. The van der Waals surface area contributed by atoms with E-state index in [1.165, 1.54) is 6.07 Å². The molecule has 2 aromatic rings. The van der Waals surface area contributed by atoms with E-state index in [0.29, 0.717) is 11.3 Å². The van der Waals surface area contributed by atoms with E-state index >= 15 is 0 Å². The molecule has 1 aromatic carbocycles. The Hall–Kier alpha value is -3.11. The molecule has 1 amide bonds. The number of nitrogens with one attached hydrogen (secondary N) is 2. The second-order valence-electron chi connectivity index (χ2n) is 4.03. The zero-order valence-electron chi connectivity index (χ0n) is 10.9. The predicted molar refractivity (Wildman–Crippen MR) is 77.8 cm³/mol. The van der Waals surface area contributed by atoms with Crippen molar-refractivity contribution in [3.05, 3.63) is 57.9 Å². The van der Waals surface area contributed by atoms with Gasteiger partial charge in [0, 0.05) is 11.6 Å². The molecule has 0 spiro atoms. The van der Waals surface area contributed by atoms with Crippen molar-refractivity contribution in [1.82, 2.24) is 4.98 Å². The second kappa shape index (κ2) is 6.36. The molecule has 0 fully saturated rings. The minimum Gasteiger partial charge on any atom is -0.351 e. The topological polar surface area (TPSA) is 114 Å². The minimum absolute atomic E-state index is 0.100. The lowest BCUT2D eigenvalue weighted by Crippen LogP contribution is -2.13. The summed E-state index contributed by atoms with van der Waals surface area (Å²) in [6.45, 7) is 0.213. The summed E-state index contributed by atoms with van der Waals surface area (Å²) >= 11 is 0. The summed E-state index contributed by atoms with van der Waals surface area (Å²) in [4.78, 5) is 24.6. The lowest BCUT2D eigenvalue weighted by Gasteiger charge is -2.05. The molecule has 21 heavy (non-hydrogen) atoms. The molecule has 0 radical (unpaired) electrons. The van der Waals surface area contributed by atoms with E-state index in [1.54, 1.807) is 24.3 Å². The van der Waals surface area contributed by atoms with Crippen molar-refractivity contribution in [2.24, 2.45) is 5.73 Å².